The summed E-state index contributed by atoms with van der Waals surface area (Å²) in [4.78, 5) is 19.0. The number of hydrogen-bond donors (Lipinski definition) is 0. The van der Waals surface area contributed by atoms with Crippen molar-refractivity contribution in [1.82, 2.24) is 9.88 Å². The minimum absolute atomic E-state index is 0.244. The largest absolute Gasteiger partial charge is 0.437 e. The van der Waals surface area contributed by atoms with E-state index in [-0.39, 0.29) is 17.4 Å². The number of rotatable bonds is 6. The number of amides is 1. The van der Waals surface area contributed by atoms with Crippen LogP contribution < -0.4 is 0 Å². The zero-order valence-corrected chi connectivity index (χ0v) is 18.1. The van der Waals surface area contributed by atoms with Gasteiger partial charge in [0.05, 0.1) is 11.7 Å². The van der Waals surface area contributed by atoms with Crippen molar-refractivity contribution in [1.29, 1.82) is 0 Å². The molecule has 4 rings (SSSR count). The summed E-state index contributed by atoms with van der Waals surface area (Å²) in [5.74, 6) is -1.68. The van der Waals surface area contributed by atoms with Crippen LogP contribution in [0.4, 0.5) is 18.0 Å². The summed E-state index contributed by atoms with van der Waals surface area (Å²) in [7, 11) is 0. The lowest BCUT2D eigenvalue weighted by atomic mass is 9.85. The van der Waals surface area contributed by atoms with E-state index in [1.165, 1.54) is 30.5 Å². The van der Waals surface area contributed by atoms with Crippen LogP contribution in [0.1, 0.15) is 37.1 Å². The van der Waals surface area contributed by atoms with Crippen LogP contribution in [0.15, 0.2) is 73.4 Å². The fourth-order valence-corrected chi connectivity index (χ4v) is 4.17. The van der Waals surface area contributed by atoms with Gasteiger partial charge in [-0.25, -0.2) is 18.0 Å². The Labute approximate surface area is 190 Å². The molecule has 2 heterocycles. The predicted molar refractivity (Wildman–Crippen MR) is 119 cm³/mol. The third-order valence-electron chi connectivity index (χ3n) is 6.04. The second-order valence-electron chi connectivity index (χ2n) is 8.08. The Balaban J connectivity index is 1.52. The molecule has 0 N–H and O–H groups in total. The maximum absolute atomic E-state index is 14.1. The van der Waals surface area contributed by atoms with E-state index < -0.39 is 23.3 Å². The SMILES string of the molecule is C=CCC1(c2ccc(F)cc2)CCN(C(C)c2ccc(-c3ccc(F)cc3F)cn2)C(=O)O1. The van der Waals surface area contributed by atoms with Gasteiger partial charge in [0.15, 0.2) is 0 Å². The van der Waals surface area contributed by atoms with E-state index in [1.807, 2.05) is 6.92 Å². The average Bonchev–Trinajstić information content (AvgIpc) is 2.79. The maximum atomic E-state index is 14.1. The van der Waals surface area contributed by atoms with Gasteiger partial charge >= 0.3 is 6.09 Å². The van der Waals surface area contributed by atoms with Crippen LogP contribution in [-0.2, 0) is 10.3 Å². The molecule has 1 aliphatic rings. The molecule has 1 aromatic heterocycles. The molecule has 33 heavy (non-hydrogen) atoms. The quantitative estimate of drug-likeness (QED) is 0.399. The van der Waals surface area contributed by atoms with Crippen molar-refractivity contribution in [3.05, 3.63) is 102 Å². The molecule has 0 bridgehead atoms. The van der Waals surface area contributed by atoms with Crippen LogP contribution in [0, 0.1) is 17.5 Å². The van der Waals surface area contributed by atoms with Crippen molar-refractivity contribution in [3.8, 4) is 11.1 Å². The standard InChI is InChI=1S/C26H23F3N2O2/c1-3-12-26(19-5-7-20(27)8-6-19)13-14-31(25(32)33-26)17(2)24-11-4-18(16-30-24)22-10-9-21(28)15-23(22)29/h3-11,15-17H,1,12-14H2,2H3. The van der Waals surface area contributed by atoms with Crippen LogP contribution in [-0.4, -0.2) is 22.5 Å². The summed E-state index contributed by atoms with van der Waals surface area (Å²) >= 11 is 0. The molecule has 2 atom stereocenters. The predicted octanol–water partition coefficient (Wildman–Crippen LogP) is 6.54. The topological polar surface area (TPSA) is 42.4 Å². The molecule has 170 valence electrons. The first-order valence-electron chi connectivity index (χ1n) is 10.6. The molecular formula is C26H23F3N2O2. The monoisotopic (exact) mass is 452 g/mol. The zero-order valence-electron chi connectivity index (χ0n) is 18.1. The highest BCUT2D eigenvalue weighted by Crippen LogP contribution is 2.39. The van der Waals surface area contributed by atoms with Crippen LogP contribution in [0.25, 0.3) is 11.1 Å². The van der Waals surface area contributed by atoms with E-state index in [0.29, 0.717) is 36.2 Å². The Morgan fingerprint density at radius 2 is 1.85 bits per heavy atom. The van der Waals surface area contributed by atoms with Crippen molar-refractivity contribution in [3.63, 3.8) is 0 Å². The van der Waals surface area contributed by atoms with E-state index in [4.69, 9.17) is 4.74 Å². The molecule has 4 nitrogen and oxygen atoms in total. The highest BCUT2D eigenvalue weighted by Gasteiger charge is 2.43. The summed E-state index contributed by atoms with van der Waals surface area (Å²) in [5.41, 5.74) is 1.17. The van der Waals surface area contributed by atoms with Crippen LogP contribution in [0.2, 0.25) is 0 Å². The molecule has 0 aliphatic carbocycles. The maximum Gasteiger partial charge on any atom is 0.411 e. The molecule has 1 amide bonds. The van der Waals surface area contributed by atoms with Gasteiger partial charge in [0.25, 0.3) is 0 Å². The van der Waals surface area contributed by atoms with Gasteiger partial charge in [-0.15, -0.1) is 6.58 Å². The van der Waals surface area contributed by atoms with Gasteiger partial charge in [0, 0.05) is 42.8 Å². The lowest BCUT2D eigenvalue weighted by Gasteiger charge is -2.43. The molecule has 1 fully saturated rings. The number of carbonyl (C=O) groups excluding carboxylic acids is 1. The lowest BCUT2D eigenvalue weighted by molar-refractivity contribution is -0.0592. The second kappa shape index (κ2) is 9.10. The van der Waals surface area contributed by atoms with Crippen molar-refractivity contribution >= 4 is 6.09 Å². The number of nitrogens with zero attached hydrogens (tertiary/aromatic N) is 2. The number of aromatic nitrogens is 1. The number of ether oxygens (including phenoxy) is 1. The van der Waals surface area contributed by atoms with Crippen LogP contribution in [0.3, 0.4) is 0 Å². The Morgan fingerprint density at radius 3 is 2.45 bits per heavy atom. The number of cyclic esters (lactones) is 1. The second-order valence-corrected chi connectivity index (χ2v) is 8.08. The van der Waals surface area contributed by atoms with Gasteiger partial charge in [-0.1, -0.05) is 24.3 Å². The molecule has 3 aromatic rings. The Morgan fingerprint density at radius 1 is 1.12 bits per heavy atom. The fourth-order valence-electron chi connectivity index (χ4n) is 4.17. The summed E-state index contributed by atoms with van der Waals surface area (Å²) in [6.07, 6.45) is 3.58. The molecule has 7 heteroatoms. The first kappa shape index (κ1) is 22.6. The van der Waals surface area contributed by atoms with Crippen molar-refractivity contribution in [2.75, 3.05) is 6.54 Å². The summed E-state index contributed by atoms with van der Waals surface area (Å²) in [6.45, 7) is 6.01. The molecule has 0 saturated carbocycles. The zero-order chi connectivity index (χ0) is 23.6. The Kier molecular flexibility index (Phi) is 6.22. The van der Waals surface area contributed by atoms with Crippen molar-refractivity contribution < 1.29 is 22.7 Å². The van der Waals surface area contributed by atoms with Crippen molar-refractivity contribution in [2.45, 2.75) is 31.4 Å². The molecule has 0 spiro atoms. The molecule has 0 radical (unpaired) electrons. The van der Waals surface area contributed by atoms with Crippen LogP contribution >= 0.6 is 0 Å². The average molecular weight is 452 g/mol. The molecule has 2 unspecified atom stereocenters. The summed E-state index contributed by atoms with van der Waals surface area (Å²) in [5, 5.41) is 0. The van der Waals surface area contributed by atoms with Gasteiger partial charge in [-0.2, -0.15) is 0 Å². The molecule has 2 aromatic carbocycles. The van der Waals surface area contributed by atoms with E-state index in [2.05, 4.69) is 11.6 Å². The number of carbonyl (C=O) groups is 1. The fraction of sp³-hybridized carbons (Fsp3) is 0.231. The van der Waals surface area contributed by atoms with Gasteiger partial charge in [0.1, 0.15) is 23.1 Å². The first-order valence-corrected chi connectivity index (χ1v) is 10.6. The highest BCUT2D eigenvalue weighted by atomic mass is 19.1. The lowest BCUT2D eigenvalue weighted by Crippen LogP contribution is -2.48. The normalized spacial score (nSPS) is 19.2. The number of hydrogen-bond acceptors (Lipinski definition) is 3. The molecule has 1 aliphatic heterocycles. The number of pyridine rings is 1. The summed E-state index contributed by atoms with van der Waals surface area (Å²) < 4.78 is 46.5. The minimum atomic E-state index is -0.903. The van der Waals surface area contributed by atoms with Gasteiger partial charge in [-0.05, 0) is 42.8 Å². The van der Waals surface area contributed by atoms with Gasteiger partial charge in [-0.3, -0.25) is 9.88 Å². The third-order valence-corrected chi connectivity index (χ3v) is 6.04. The minimum Gasteiger partial charge on any atom is -0.437 e. The van der Waals surface area contributed by atoms with E-state index in [0.717, 1.165) is 6.07 Å². The van der Waals surface area contributed by atoms with Gasteiger partial charge in [0.2, 0.25) is 0 Å². The highest BCUT2D eigenvalue weighted by molar-refractivity contribution is 5.70. The Hall–Kier alpha value is -3.61. The third kappa shape index (κ3) is 4.49. The Bertz CT molecular complexity index is 1170. The number of benzene rings is 2. The van der Waals surface area contributed by atoms with Crippen molar-refractivity contribution in [2.24, 2.45) is 0 Å². The van der Waals surface area contributed by atoms with Crippen LogP contribution in [0.5, 0.6) is 0 Å². The molecule has 1 saturated heterocycles. The smallest absolute Gasteiger partial charge is 0.411 e. The van der Waals surface area contributed by atoms with Gasteiger partial charge < -0.3 is 4.74 Å². The summed E-state index contributed by atoms with van der Waals surface area (Å²) in [6, 6.07) is 12.3. The van der Waals surface area contributed by atoms with E-state index in [9.17, 15) is 18.0 Å². The first-order chi connectivity index (χ1) is 15.8. The van der Waals surface area contributed by atoms with E-state index in [1.54, 1.807) is 35.2 Å². The number of halogens is 3. The van der Waals surface area contributed by atoms with E-state index >= 15 is 0 Å². The molecular weight excluding hydrogens is 429 g/mol.